The third-order valence-electron chi connectivity index (χ3n) is 3.22. The summed E-state index contributed by atoms with van der Waals surface area (Å²) in [5.41, 5.74) is 1.03. The van der Waals surface area contributed by atoms with Crippen molar-refractivity contribution in [2.45, 2.75) is 26.7 Å². The standard InChI is InChI=1S/C15H22BrNO2/c1-4-17(5-2)9-8-13(18)10-12-6-7-15(19-3)14(16)11-12/h6-7,11H,4-5,8-10H2,1-3H3. The van der Waals surface area contributed by atoms with Crippen LogP contribution in [0.5, 0.6) is 5.75 Å². The summed E-state index contributed by atoms with van der Waals surface area (Å²) in [7, 11) is 1.63. The minimum Gasteiger partial charge on any atom is -0.496 e. The highest BCUT2D eigenvalue weighted by molar-refractivity contribution is 9.10. The van der Waals surface area contributed by atoms with Crippen LogP contribution < -0.4 is 4.74 Å². The molecule has 0 amide bonds. The zero-order chi connectivity index (χ0) is 14.3. The first-order valence-corrected chi connectivity index (χ1v) is 7.46. The number of ketones is 1. The molecular formula is C15H22BrNO2. The quantitative estimate of drug-likeness (QED) is 0.733. The van der Waals surface area contributed by atoms with E-state index in [2.05, 4.69) is 34.7 Å². The molecule has 0 radical (unpaired) electrons. The molecule has 1 aromatic carbocycles. The van der Waals surface area contributed by atoms with Crippen molar-refractivity contribution in [3.8, 4) is 5.75 Å². The SMILES string of the molecule is CCN(CC)CCC(=O)Cc1ccc(OC)c(Br)c1. The van der Waals surface area contributed by atoms with Crippen molar-refractivity contribution in [2.24, 2.45) is 0 Å². The van der Waals surface area contributed by atoms with E-state index >= 15 is 0 Å². The molecule has 0 aliphatic carbocycles. The smallest absolute Gasteiger partial charge is 0.138 e. The Bertz CT molecular complexity index is 417. The summed E-state index contributed by atoms with van der Waals surface area (Å²) in [4.78, 5) is 14.2. The van der Waals surface area contributed by atoms with Gasteiger partial charge in [-0.3, -0.25) is 4.79 Å². The molecular weight excluding hydrogens is 306 g/mol. The first kappa shape index (κ1) is 16.2. The number of nitrogens with zero attached hydrogens (tertiary/aromatic N) is 1. The lowest BCUT2D eigenvalue weighted by Crippen LogP contribution is -2.26. The van der Waals surface area contributed by atoms with Gasteiger partial charge in [-0.2, -0.15) is 0 Å². The normalized spacial score (nSPS) is 10.8. The summed E-state index contributed by atoms with van der Waals surface area (Å²) in [6, 6.07) is 5.78. The summed E-state index contributed by atoms with van der Waals surface area (Å²) < 4.78 is 6.07. The lowest BCUT2D eigenvalue weighted by molar-refractivity contribution is -0.118. The van der Waals surface area contributed by atoms with Crippen LogP contribution in [0.25, 0.3) is 0 Å². The Morgan fingerprint density at radius 3 is 2.53 bits per heavy atom. The Morgan fingerprint density at radius 1 is 1.32 bits per heavy atom. The molecule has 0 saturated heterocycles. The minimum atomic E-state index is 0.281. The van der Waals surface area contributed by atoms with Crippen LogP contribution in [0.1, 0.15) is 25.8 Å². The van der Waals surface area contributed by atoms with E-state index in [1.54, 1.807) is 7.11 Å². The number of halogens is 1. The zero-order valence-electron chi connectivity index (χ0n) is 11.9. The topological polar surface area (TPSA) is 29.5 Å². The Morgan fingerprint density at radius 2 is 2.00 bits per heavy atom. The number of carbonyl (C=O) groups excluding carboxylic acids is 1. The average molecular weight is 328 g/mol. The van der Waals surface area contributed by atoms with Crippen LogP contribution in [-0.4, -0.2) is 37.4 Å². The minimum absolute atomic E-state index is 0.281. The first-order valence-electron chi connectivity index (χ1n) is 6.67. The predicted octanol–water partition coefficient (Wildman–Crippen LogP) is 3.30. The van der Waals surface area contributed by atoms with E-state index in [1.807, 2.05) is 18.2 Å². The van der Waals surface area contributed by atoms with Crippen molar-refractivity contribution >= 4 is 21.7 Å². The number of benzene rings is 1. The number of hydrogen-bond donors (Lipinski definition) is 0. The number of rotatable bonds is 8. The van der Waals surface area contributed by atoms with E-state index in [9.17, 15) is 4.79 Å². The maximum absolute atomic E-state index is 11.9. The summed E-state index contributed by atoms with van der Waals surface area (Å²) in [6.45, 7) is 7.09. The molecule has 0 heterocycles. The molecule has 0 spiro atoms. The highest BCUT2D eigenvalue weighted by atomic mass is 79.9. The lowest BCUT2D eigenvalue weighted by Gasteiger charge is -2.17. The van der Waals surface area contributed by atoms with E-state index in [0.29, 0.717) is 12.8 Å². The maximum Gasteiger partial charge on any atom is 0.138 e. The molecule has 1 aromatic rings. The third-order valence-corrected chi connectivity index (χ3v) is 3.84. The Hall–Kier alpha value is -0.870. The van der Waals surface area contributed by atoms with E-state index in [-0.39, 0.29) is 5.78 Å². The zero-order valence-corrected chi connectivity index (χ0v) is 13.5. The van der Waals surface area contributed by atoms with E-state index in [0.717, 1.165) is 35.4 Å². The number of carbonyl (C=O) groups is 1. The number of ether oxygens (including phenoxy) is 1. The van der Waals surface area contributed by atoms with Crippen LogP contribution in [0.15, 0.2) is 22.7 Å². The molecule has 0 aliphatic rings. The largest absolute Gasteiger partial charge is 0.496 e. The summed E-state index contributed by atoms with van der Waals surface area (Å²) in [6.07, 6.45) is 1.11. The van der Waals surface area contributed by atoms with Gasteiger partial charge in [0.05, 0.1) is 11.6 Å². The van der Waals surface area contributed by atoms with E-state index in [1.165, 1.54) is 0 Å². The van der Waals surface area contributed by atoms with Crippen molar-refractivity contribution in [1.82, 2.24) is 4.90 Å². The van der Waals surface area contributed by atoms with Crippen molar-refractivity contribution in [1.29, 1.82) is 0 Å². The van der Waals surface area contributed by atoms with Gasteiger partial charge >= 0.3 is 0 Å². The van der Waals surface area contributed by atoms with Crippen molar-refractivity contribution in [2.75, 3.05) is 26.7 Å². The molecule has 1 rings (SSSR count). The molecule has 0 bridgehead atoms. The molecule has 0 N–H and O–H groups in total. The maximum atomic E-state index is 11.9. The Balaban J connectivity index is 2.50. The molecule has 3 nitrogen and oxygen atoms in total. The van der Waals surface area contributed by atoms with Gasteiger partial charge in [-0.1, -0.05) is 19.9 Å². The Kier molecular flexibility index (Phi) is 7.10. The van der Waals surface area contributed by atoms with Gasteiger partial charge in [-0.05, 0) is 46.7 Å². The van der Waals surface area contributed by atoms with E-state index in [4.69, 9.17) is 4.74 Å². The van der Waals surface area contributed by atoms with E-state index < -0.39 is 0 Å². The second kappa shape index (κ2) is 8.33. The summed E-state index contributed by atoms with van der Waals surface area (Å²) >= 11 is 3.44. The van der Waals surface area contributed by atoms with Crippen molar-refractivity contribution in [3.05, 3.63) is 28.2 Å². The molecule has 19 heavy (non-hydrogen) atoms. The van der Waals surface area contributed by atoms with Gasteiger partial charge in [-0.25, -0.2) is 0 Å². The van der Waals surface area contributed by atoms with Crippen molar-refractivity contribution < 1.29 is 9.53 Å². The van der Waals surface area contributed by atoms with Crippen LogP contribution in [0.3, 0.4) is 0 Å². The van der Waals surface area contributed by atoms with Gasteiger partial charge < -0.3 is 9.64 Å². The van der Waals surface area contributed by atoms with Crippen LogP contribution >= 0.6 is 15.9 Å². The van der Waals surface area contributed by atoms with Gasteiger partial charge in [0.2, 0.25) is 0 Å². The second-order valence-corrected chi connectivity index (χ2v) is 5.32. The monoisotopic (exact) mass is 327 g/mol. The Labute approximate surface area is 124 Å². The number of hydrogen-bond acceptors (Lipinski definition) is 3. The van der Waals surface area contributed by atoms with Crippen LogP contribution in [0.2, 0.25) is 0 Å². The molecule has 0 aliphatic heterocycles. The van der Waals surface area contributed by atoms with Crippen LogP contribution in [0.4, 0.5) is 0 Å². The van der Waals surface area contributed by atoms with Gasteiger partial charge in [0.15, 0.2) is 0 Å². The average Bonchev–Trinajstić information content (AvgIpc) is 2.40. The molecule has 0 atom stereocenters. The van der Waals surface area contributed by atoms with Gasteiger partial charge in [0.1, 0.15) is 11.5 Å². The molecule has 0 unspecified atom stereocenters. The van der Waals surface area contributed by atoms with Crippen LogP contribution in [0, 0.1) is 0 Å². The summed E-state index contributed by atoms with van der Waals surface area (Å²) in [5, 5.41) is 0. The fourth-order valence-corrected chi connectivity index (χ4v) is 2.55. The first-order chi connectivity index (χ1) is 9.10. The molecule has 4 heteroatoms. The van der Waals surface area contributed by atoms with Crippen molar-refractivity contribution in [3.63, 3.8) is 0 Å². The third kappa shape index (κ3) is 5.33. The highest BCUT2D eigenvalue weighted by Crippen LogP contribution is 2.25. The molecule has 106 valence electrons. The molecule has 0 saturated carbocycles. The van der Waals surface area contributed by atoms with Gasteiger partial charge in [0, 0.05) is 19.4 Å². The number of methoxy groups -OCH3 is 1. The molecule has 0 aromatic heterocycles. The summed E-state index contributed by atoms with van der Waals surface area (Å²) in [5.74, 6) is 1.07. The fourth-order valence-electron chi connectivity index (χ4n) is 1.96. The van der Waals surface area contributed by atoms with Crippen LogP contribution in [-0.2, 0) is 11.2 Å². The second-order valence-electron chi connectivity index (χ2n) is 4.46. The molecule has 0 fully saturated rings. The lowest BCUT2D eigenvalue weighted by atomic mass is 10.1. The fraction of sp³-hybridized carbons (Fsp3) is 0.533. The van der Waals surface area contributed by atoms with Gasteiger partial charge in [-0.15, -0.1) is 0 Å². The number of Topliss-reactive ketones (excluding diaryl/α,β-unsaturated/α-hetero) is 1. The van der Waals surface area contributed by atoms with Gasteiger partial charge in [0.25, 0.3) is 0 Å². The highest BCUT2D eigenvalue weighted by Gasteiger charge is 2.08. The predicted molar refractivity (Wildman–Crippen MR) is 81.8 cm³/mol.